The fraction of sp³-hybridized carbons (Fsp3) is 0.600. The summed E-state index contributed by atoms with van der Waals surface area (Å²) < 4.78 is 31.8. The molecular weight excluding hydrogens is 327 g/mol. The van der Waals surface area contributed by atoms with Crippen LogP contribution in [0.3, 0.4) is 0 Å². The lowest BCUT2D eigenvalue weighted by Gasteiger charge is -2.43. The van der Waals surface area contributed by atoms with Crippen LogP contribution in [0.25, 0.3) is 0 Å². The van der Waals surface area contributed by atoms with Crippen molar-refractivity contribution in [3.8, 4) is 5.75 Å². The Hall–Kier alpha value is -0.650. The molecule has 2 aliphatic rings. The number of hydrogen-bond donors (Lipinski definition) is 0. The largest absolute Gasteiger partial charge is 0.487 e. The van der Waals surface area contributed by atoms with Gasteiger partial charge >= 0.3 is 0 Å². The Morgan fingerprint density at radius 2 is 2.05 bits per heavy atom. The van der Waals surface area contributed by atoms with E-state index in [1.54, 1.807) is 12.1 Å². The maximum absolute atomic E-state index is 13.8. The normalized spacial score (nSPS) is 25.6. The Bertz CT molecular complexity index is 469. The highest BCUT2D eigenvalue weighted by atomic mass is 79.9. The molecule has 2 aliphatic heterocycles. The highest BCUT2D eigenvalue weighted by Crippen LogP contribution is 2.36. The SMILES string of the molecule is Fc1ccc(Br)cc1OC1CCOC2(CCOCC2)C1. The molecular formula is C15H18BrFO3. The van der Waals surface area contributed by atoms with Crippen LogP contribution < -0.4 is 4.74 Å². The van der Waals surface area contributed by atoms with E-state index in [9.17, 15) is 4.39 Å². The molecule has 0 radical (unpaired) electrons. The molecule has 0 N–H and O–H groups in total. The molecule has 2 fully saturated rings. The lowest BCUT2D eigenvalue weighted by atomic mass is 9.85. The third-order valence-electron chi connectivity index (χ3n) is 4.04. The van der Waals surface area contributed by atoms with Gasteiger partial charge in [-0.3, -0.25) is 0 Å². The smallest absolute Gasteiger partial charge is 0.165 e. The molecule has 3 nitrogen and oxygen atoms in total. The fourth-order valence-corrected chi connectivity index (χ4v) is 3.26. The van der Waals surface area contributed by atoms with E-state index in [2.05, 4.69) is 15.9 Å². The van der Waals surface area contributed by atoms with Gasteiger partial charge in [-0.05, 0) is 31.0 Å². The average Bonchev–Trinajstić information content (AvgIpc) is 2.44. The van der Waals surface area contributed by atoms with E-state index in [1.807, 2.05) is 0 Å². The van der Waals surface area contributed by atoms with Crippen molar-refractivity contribution in [2.24, 2.45) is 0 Å². The second kappa shape index (κ2) is 6.00. The van der Waals surface area contributed by atoms with Crippen molar-refractivity contribution in [1.29, 1.82) is 0 Å². The van der Waals surface area contributed by atoms with Gasteiger partial charge in [0.2, 0.25) is 0 Å². The summed E-state index contributed by atoms with van der Waals surface area (Å²) in [5, 5.41) is 0. The zero-order valence-corrected chi connectivity index (χ0v) is 12.8. The summed E-state index contributed by atoms with van der Waals surface area (Å²) in [6.07, 6.45) is 3.41. The van der Waals surface area contributed by atoms with Crippen molar-refractivity contribution in [3.05, 3.63) is 28.5 Å². The molecule has 1 aromatic rings. The molecule has 1 atom stereocenters. The highest BCUT2D eigenvalue weighted by molar-refractivity contribution is 9.10. The molecule has 3 rings (SSSR count). The highest BCUT2D eigenvalue weighted by Gasteiger charge is 2.40. The summed E-state index contributed by atoms with van der Waals surface area (Å²) >= 11 is 3.34. The Balaban J connectivity index is 1.69. The van der Waals surface area contributed by atoms with Crippen LogP contribution in [0.4, 0.5) is 4.39 Å². The number of rotatable bonds is 2. The van der Waals surface area contributed by atoms with Gasteiger partial charge in [-0.15, -0.1) is 0 Å². The van der Waals surface area contributed by atoms with Crippen molar-refractivity contribution in [1.82, 2.24) is 0 Å². The van der Waals surface area contributed by atoms with Crippen molar-refractivity contribution in [3.63, 3.8) is 0 Å². The minimum absolute atomic E-state index is 0.00523. The monoisotopic (exact) mass is 344 g/mol. The molecule has 20 heavy (non-hydrogen) atoms. The molecule has 0 bridgehead atoms. The third kappa shape index (κ3) is 3.15. The van der Waals surface area contributed by atoms with E-state index >= 15 is 0 Å². The molecule has 0 aliphatic carbocycles. The molecule has 0 aromatic heterocycles. The Morgan fingerprint density at radius 3 is 2.85 bits per heavy atom. The van der Waals surface area contributed by atoms with E-state index in [0.717, 1.165) is 43.4 Å². The molecule has 1 unspecified atom stereocenters. The van der Waals surface area contributed by atoms with Crippen LogP contribution >= 0.6 is 15.9 Å². The zero-order valence-electron chi connectivity index (χ0n) is 11.2. The van der Waals surface area contributed by atoms with E-state index in [1.165, 1.54) is 6.07 Å². The van der Waals surface area contributed by atoms with Crippen molar-refractivity contribution < 1.29 is 18.6 Å². The number of hydrogen-bond acceptors (Lipinski definition) is 3. The van der Waals surface area contributed by atoms with Gasteiger partial charge in [0.05, 0.1) is 12.2 Å². The van der Waals surface area contributed by atoms with Gasteiger partial charge in [0, 0.05) is 30.5 Å². The molecule has 1 spiro atoms. The standard InChI is InChI=1S/C15H18BrFO3/c16-11-1-2-13(17)14(9-11)20-12-3-6-19-15(10-12)4-7-18-8-5-15/h1-2,9,12H,3-8,10H2. The number of benzene rings is 1. The lowest BCUT2D eigenvalue weighted by molar-refractivity contribution is -0.156. The summed E-state index contributed by atoms with van der Waals surface area (Å²) in [5.74, 6) is -0.00537. The van der Waals surface area contributed by atoms with Crippen LogP contribution in [0.1, 0.15) is 25.7 Å². The molecule has 110 valence electrons. The first kappa shape index (κ1) is 14.3. The third-order valence-corrected chi connectivity index (χ3v) is 4.53. The van der Waals surface area contributed by atoms with Crippen LogP contribution in [-0.4, -0.2) is 31.5 Å². The molecule has 5 heteroatoms. The predicted molar refractivity (Wildman–Crippen MR) is 76.5 cm³/mol. The van der Waals surface area contributed by atoms with Gasteiger partial charge in [-0.2, -0.15) is 0 Å². The molecule has 1 aromatic carbocycles. The zero-order chi connectivity index (χ0) is 14.0. The first-order valence-corrected chi connectivity index (χ1v) is 7.80. The summed E-state index contributed by atoms with van der Waals surface area (Å²) in [4.78, 5) is 0. The first-order chi connectivity index (χ1) is 9.67. The van der Waals surface area contributed by atoms with E-state index < -0.39 is 0 Å². The number of ether oxygens (including phenoxy) is 3. The van der Waals surface area contributed by atoms with E-state index in [0.29, 0.717) is 12.4 Å². The van der Waals surface area contributed by atoms with Gasteiger partial charge in [0.15, 0.2) is 11.6 Å². The summed E-state index contributed by atoms with van der Waals surface area (Å²) in [6.45, 7) is 2.14. The first-order valence-electron chi connectivity index (χ1n) is 7.00. The van der Waals surface area contributed by atoms with Gasteiger partial charge < -0.3 is 14.2 Å². The average molecular weight is 345 g/mol. The van der Waals surface area contributed by atoms with Gasteiger partial charge in [0.1, 0.15) is 6.10 Å². The summed E-state index contributed by atoms with van der Waals surface area (Å²) in [7, 11) is 0. The van der Waals surface area contributed by atoms with Gasteiger partial charge in [0.25, 0.3) is 0 Å². The molecule has 2 heterocycles. The van der Waals surface area contributed by atoms with Gasteiger partial charge in [-0.1, -0.05) is 15.9 Å². The van der Waals surface area contributed by atoms with Crippen LogP contribution in [0, 0.1) is 5.82 Å². The van der Waals surface area contributed by atoms with Crippen molar-refractivity contribution in [2.75, 3.05) is 19.8 Å². The minimum Gasteiger partial charge on any atom is -0.487 e. The van der Waals surface area contributed by atoms with E-state index in [4.69, 9.17) is 14.2 Å². The second-order valence-electron chi connectivity index (χ2n) is 5.45. The molecule has 0 amide bonds. The van der Waals surface area contributed by atoms with Crippen LogP contribution in [0.2, 0.25) is 0 Å². The maximum Gasteiger partial charge on any atom is 0.165 e. The van der Waals surface area contributed by atoms with Crippen LogP contribution in [0.5, 0.6) is 5.75 Å². The maximum atomic E-state index is 13.8. The minimum atomic E-state index is -0.319. The van der Waals surface area contributed by atoms with Crippen molar-refractivity contribution >= 4 is 15.9 Å². The Morgan fingerprint density at radius 1 is 1.25 bits per heavy atom. The lowest BCUT2D eigenvalue weighted by Crippen LogP contribution is -2.47. The fourth-order valence-electron chi connectivity index (χ4n) is 2.92. The predicted octanol–water partition coefficient (Wildman–Crippen LogP) is 3.70. The summed E-state index contributed by atoms with van der Waals surface area (Å²) in [6, 6.07) is 4.77. The molecule has 0 saturated carbocycles. The topological polar surface area (TPSA) is 27.7 Å². The van der Waals surface area contributed by atoms with Gasteiger partial charge in [-0.25, -0.2) is 4.39 Å². The Labute approximate surface area is 126 Å². The van der Waals surface area contributed by atoms with Crippen LogP contribution in [-0.2, 0) is 9.47 Å². The van der Waals surface area contributed by atoms with E-state index in [-0.39, 0.29) is 17.5 Å². The summed E-state index contributed by atoms with van der Waals surface area (Å²) in [5.41, 5.74) is -0.135. The quantitative estimate of drug-likeness (QED) is 0.818. The Kier molecular flexibility index (Phi) is 4.29. The van der Waals surface area contributed by atoms with Crippen molar-refractivity contribution in [2.45, 2.75) is 37.4 Å². The number of halogens is 2. The second-order valence-corrected chi connectivity index (χ2v) is 6.37. The molecule has 2 saturated heterocycles. The van der Waals surface area contributed by atoms with Crippen LogP contribution in [0.15, 0.2) is 22.7 Å².